The lowest BCUT2D eigenvalue weighted by molar-refractivity contribution is 0.0796. The van der Waals surface area contributed by atoms with Gasteiger partial charge in [-0.25, -0.2) is 9.78 Å². The van der Waals surface area contributed by atoms with Crippen LogP contribution in [0, 0.1) is 0 Å². The minimum Gasteiger partial charge on any atom is -0.462 e. The third-order valence-electron chi connectivity index (χ3n) is 3.88. The van der Waals surface area contributed by atoms with Gasteiger partial charge in [0, 0.05) is 12.0 Å². The van der Waals surface area contributed by atoms with Crippen LogP contribution in [0.25, 0.3) is 10.8 Å². The Bertz CT molecular complexity index is 620. The number of hydrogen-bond acceptors (Lipinski definition) is 5. The van der Waals surface area contributed by atoms with Crippen molar-refractivity contribution >= 4 is 17.4 Å². The molecule has 7 heteroatoms. The van der Waals surface area contributed by atoms with Crippen LogP contribution in [-0.2, 0) is 11.3 Å². The third-order valence-corrected chi connectivity index (χ3v) is 4.79. The smallest absolute Gasteiger partial charge is 0.315 e. The average molecular weight is 335 g/mol. The number of nitrogens with one attached hydrogen (secondary N) is 2. The number of nitrogens with zero attached hydrogens (tertiary/aromatic N) is 1. The van der Waals surface area contributed by atoms with Crippen LogP contribution in [0.3, 0.4) is 0 Å². The molecular weight excluding hydrogens is 314 g/mol. The van der Waals surface area contributed by atoms with E-state index in [1.54, 1.807) is 6.26 Å². The van der Waals surface area contributed by atoms with Crippen LogP contribution in [0.2, 0.25) is 0 Å². The summed E-state index contributed by atoms with van der Waals surface area (Å²) in [6.07, 6.45) is 4.70. The van der Waals surface area contributed by atoms with Crippen molar-refractivity contribution in [2.24, 2.45) is 0 Å². The molecule has 0 radical (unpaired) electrons. The zero-order valence-electron chi connectivity index (χ0n) is 13.1. The fourth-order valence-corrected chi connectivity index (χ4v) is 3.46. The van der Waals surface area contributed by atoms with E-state index in [9.17, 15) is 4.79 Å². The van der Waals surface area contributed by atoms with E-state index in [4.69, 9.17) is 9.15 Å². The Hall–Kier alpha value is -1.86. The molecular formula is C16H21N3O3S. The minimum atomic E-state index is -0.181. The maximum absolute atomic E-state index is 12.1. The van der Waals surface area contributed by atoms with Crippen LogP contribution in [0.4, 0.5) is 4.79 Å². The number of carbonyl (C=O) groups is 1. The second-order valence-electron chi connectivity index (χ2n) is 5.51. The van der Waals surface area contributed by atoms with Gasteiger partial charge in [-0.15, -0.1) is 11.3 Å². The van der Waals surface area contributed by atoms with Gasteiger partial charge < -0.3 is 19.8 Å². The molecule has 2 aromatic rings. The Morgan fingerprint density at radius 2 is 2.48 bits per heavy atom. The summed E-state index contributed by atoms with van der Waals surface area (Å²) in [5.41, 5.74) is 0.821. The number of furan rings is 1. The maximum atomic E-state index is 12.1. The molecule has 1 fully saturated rings. The third kappa shape index (κ3) is 4.11. The molecule has 6 nitrogen and oxygen atoms in total. The molecule has 1 aliphatic rings. The highest BCUT2D eigenvalue weighted by Gasteiger charge is 2.25. The summed E-state index contributed by atoms with van der Waals surface area (Å²) in [6.45, 7) is 3.24. The summed E-state index contributed by atoms with van der Waals surface area (Å²) in [5.74, 6) is 0.745. The fraction of sp³-hybridized carbons (Fsp3) is 0.500. The first-order valence-corrected chi connectivity index (χ1v) is 8.78. The summed E-state index contributed by atoms with van der Waals surface area (Å²) in [5, 5.41) is 8.59. The molecule has 0 aliphatic carbocycles. The van der Waals surface area contributed by atoms with Crippen molar-refractivity contribution < 1.29 is 13.9 Å². The normalized spacial score (nSPS) is 18.7. The summed E-state index contributed by atoms with van der Waals surface area (Å²) in [4.78, 5) is 16.5. The Balaban J connectivity index is 1.48. The van der Waals surface area contributed by atoms with Crippen LogP contribution in [0.5, 0.6) is 0 Å². The molecule has 2 aromatic heterocycles. The van der Waals surface area contributed by atoms with Crippen molar-refractivity contribution in [1.82, 2.24) is 15.6 Å². The van der Waals surface area contributed by atoms with Gasteiger partial charge in [0.2, 0.25) is 0 Å². The first kappa shape index (κ1) is 16.0. The van der Waals surface area contributed by atoms with Crippen molar-refractivity contribution in [3.05, 3.63) is 29.5 Å². The number of ether oxygens (including phenoxy) is 1. The second kappa shape index (κ2) is 7.61. The van der Waals surface area contributed by atoms with Gasteiger partial charge in [0.15, 0.2) is 10.8 Å². The molecule has 2 atom stereocenters. The summed E-state index contributed by atoms with van der Waals surface area (Å²) in [7, 11) is 0. The molecule has 2 N–H and O–H groups in total. The average Bonchev–Trinajstić information content (AvgIpc) is 3.32. The monoisotopic (exact) mass is 335 g/mol. The molecule has 3 rings (SSSR count). The van der Waals surface area contributed by atoms with Crippen molar-refractivity contribution in [1.29, 1.82) is 0 Å². The Labute approximate surface area is 139 Å². The summed E-state index contributed by atoms with van der Waals surface area (Å²) < 4.78 is 11.0. The Morgan fingerprint density at radius 3 is 3.17 bits per heavy atom. The van der Waals surface area contributed by atoms with E-state index in [-0.39, 0.29) is 18.2 Å². The molecule has 0 saturated carbocycles. The zero-order chi connectivity index (χ0) is 16.1. The molecule has 2 amide bonds. The van der Waals surface area contributed by atoms with E-state index >= 15 is 0 Å². The molecule has 1 aliphatic heterocycles. The SMILES string of the molecule is CC[C@H](NC(=O)NCc1csc(-c2ccco2)n1)[C@@H]1CCCO1. The van der Waals surface area contributed by atoms with Crippen LogP contribution in [-0.4, -0.2) is 29.8 Å². The van der Waals surface area contributed by atoms with E-state index in [0.29, 0.717) is 6.54 Å². The number of aromatic nitrogens is 1. The fourth-order valence-electron chi connectivity index (χ4n) is 2.67. The van der Waals surface area contributed by atoms with Gasteiger partial charge in [-0.3, -0.25) is 0 Å². The highest BCUT2D eigenvalue weighted by Crippen LogP contribution is 2.23. The minimum absolute atomic E-state index is 0.0617. The lowest BCUT2D eigenvalue weighted by Crippen LogP contribution is -2.47. The van der Waals surface area contributed by atoms with Crippen LogP contribution < -0.4 is 10.6 Å². The van der Waals surface area contributed by atoms with Gasteiger partial charge in [-0.1, -0.05) is 6.92 Å². The number of thiazole rings is 1. The number of hydrogen-bond donors (Lipinski definition) is 2. The molecule has 0 unspecified atom stereocenters. The maximum Gasteiger partial charge on any atom is 0.315 e. The summed E-state index contributed by atoms with van der Waals surface area (Å²) >= 11 is 1.50. The van der Waals surface area contributed by atoms with E-state index in [1.807, 2.05) is 17.5 Å². The van der Waals surface area contributed by atoms with Gasteiger partial charge in [0.25, 0.3) is 0 Å². The highest BCUT2D eigenvalue weighted by molar-refractivity contribution is 7.13. The zero-order valence-corrected chi connectivity index (χ0v) is 13.9. The van der Waals surface area contributed by atoms with Crippen molar-refractivity contribution in [2.45, 2.75) is 44.9 Å². The Morgan fingerprint density at radius 1 is 1.57 bits per heavy atom. The van der Waals surface area contributed by atoms with Crippen molar-refractivity contribution in [2.75, 3.05) is 6.61 Å². The lowest BCUT2D eigenvalue weighted by atomic mass is 10.1. The van der Waals surface area contributed by atoms with Gasteiger partial charge in [-0.05, 0) is 31.4 Å². The number of carbonyl (C=O) groups excluding carboxylic acids is 1. The van der Waals surface area contributed by atoms with E-state index in [0.717, 1.165) is 42.3 Å². The largest absolute Gasteiger partial charge is 0.462 e. The molecule has 3 heterocycles. The standard InChI is InChI=1S/C16H21N3O3S/c1-2-12(13-5-3-7-21-13)19-16(20)17-9-11-10-23-15(18-11)14-6-4-8-22-14/h4,6,8,10,12-13H,2-3,5,7,9H2,1H3,(H2,17,19,20)/t12-,13-/m0/s1. The van der Waals surface area contributed by atoms with Crippen molar-refractivity contribution in [3.63, 3.8) is 0 Å². The van der Waals surface area contributed by atoms with Crippen LogP contribution in [0.15, 0.2) is 28.2 Å². The lowest BCUT2D eigenvalue weighted by Gasteiger charge is -2.22. The molecule has 23 heavy (non-hydrogen) atoms. The number of rotatable bonds is 6. The van der Waals surface area contributed by atoms with Gasteiger partial charge in [0.1, 0.15) is 0 Å². The topological polar surface area (TPSA) is 76.4 Å². The predicted octanol–water partition coefficient (Wildman–Crippen LogP) is 3.16. The quantitative estimate of drug-likeness (QED) is 0.850. The summed E-state index contributed by atoms with van der Waals surface area (Å²) in [6, 6.07) is 3.58. The van der Waals surface area contributed by atoms with Crippen molar-refractivity contribution in [3.8, 4) is 10.8 Å². The van der Waals surface area contributed by atoms with Gasteiger partial charge in [-0.2, -0.15) is 0 Å². The molecule has 0 spiro atoms. The second-order valence-corrected chi connectivity index (χ2v) is 6.37. The first-order chi connectivity index (χ1) is 11.3. The van der Waals surface area contributed by atoms with Crippen LogP contribution >= 0.6 is 11.3 Å². The van der Waals surface area contributed by atoms with Gasteiger partial charge >= 0.3 is 6.03 Å². The van der Waals surface area contributed by atoms with E-state index in [2.05, 4.69) is 22.5 Å². The number of urea groups is 1. The number of amides is 2. The molecule has 124 valence electrons. The van der Waals surface area contributed by atoms with E-state index in [1.165, 1.54) is 11.3 Å². The first-order valence-electron chi connectivity index (χ1n) is 7.90. The Kier molecular flexibility index (Phi) is 5.30. The predicted molar refractivity (Wildman–Crippen MR) is 88.2 cm³/mol. The molecule has 1 saturated heterocycles. The van der Waals surface area contributed by atoms with E-state index < -0.39 is 0 Å². The van der Waals surface area contributed by atoms with Crippen LogP contribution in [0.1, 0.15) is 31.9 Å². The highest BCUT2D eigenvalue weighted by atomic mass is 32.1. The molecule has 0 aromatic carbocycles. The van der Waals surface area contributed by atoms with Gasteiger partial charge in [0.05, 0.1) is 30.6 Å². The molecule has 0 bridgehead atoms.